The Morgan fingerprint density at radius 1 is 1.25 bits per heavy atom. The summed E-state index contributed by atoms with van der Waals surface area (Å²) in [5.74, 6) is 0.308. The van der Waals surface area contributed by atoms with Gasteiger partial charge in [0.2, 0.25) is 0 Å². The van der Waals surface area contributed by atoms with E-state index in [4.69, 9.17) is 0 Å². The van der Waals surface area contributed by atoms with Crippen molar-refractivity contribution in [1.29, 1.82) is 0 Å². The van der Waals surface area contributed by atoms with Crippen molar-refractivity contribution in [2.24, 2.45) is 4.99 Å². The highest BCUT2D eigenvalue weighted by Crippen LogP contribution is 2.14. The van der Waals surface area contributed by atoms with Crippen LogP contribution in [0.25, 0.3) is 0 Å². The van der Waals surface area contributed by atoms with Gasteiger partial charge < -0.3 is 15.0 Å². The van der Waals surface area contributed by atoms with E-state index >= 15 is 0 Å². The molecule has 0 heterocycles. The zero-order valence-corrected chi connectivity index (χ0v) is 15.9. The molecule has 0 saturated carbocycles. The van der Waals surface area contributed by atoms with E-state index in [9.17, 15) is 17.6 Å². The molecule has 0 bridgehead atoms. The molecule has 1 rings (SSSR count). The number of alkyl halides is 3. The monoisotopic (exact) mass is 463 g/mol. The maximum absolute atomic E-state index is 12.9. The van der Waals surface area contributed by atoms with Crippen LogP contribution in [0.4, 0.5) is 17.6 Å². The number of nitrogens with one attached hydrogen (secondary N) is 1. The third-order valence-corrected chi connectivity index (χ3v) is 2.92. The second-order valence-electron chi connectivity index (χ2n) is 4.98. The molecule has 1 aromatic rings. The molecule has 0 aromatic heterocycles. The molecule has 1 N–H and O–H groups in total. The molecule has 1 aromatic carbocycles. The lowest BCUT2D eigenvalue weighted by Gasteiger charge is -2.22. The van der Waals surface area contributed by atoms with Crippen LogP contribution in [-0.4, -0.2) is 50.9 Å². The van der Waals surface area contributed by atoms with E-state index in [1.807, 2.05) is 11.9 Å². The second-order valence-corrected chi connectivity index (χ2v) is 4.98. The van der Waals surface area contributed by atoms with Crippen LogP contribution < -0.4 is 5.32 Å². The van der Waals surface area contributed by atoms with Gasteiger partial charge in [0.25, 0.3) is 0 Å². The summed E-state index contributed by atoms with van der Waals surface area (Å²) in [4.78, 5) is 5.93. The standard InChI is InChI=1S/C15H21F4N3O.HI/c1-20-14(21-8-3-9-23-11-15(17,18)19)22(2)10-12-4-6-13(16)7-5-12;/h4-7H,3,8-11H2,1-2H3,(H,20,21);1H. The van der Waals surface area contributed by atoms with Crippen LogP contribution in [-0.2, 0) is 11.3 Å². The summed E-state index contributed by atoms with van der Waals surface area (Å²) >= 11 is 0. The van der Waals surface area contributed by atoms with E-state index < -0.39 is 12.8 Å². The summed E-state index contributed by atoms with van der Waals surface area (Å²) < 4.78 is 53.1. The minimum atomic E-state index is -4.29. The average Bonchev–Trinajstić information content (AvgIpc) is 2.47. The maximum Gasteiger partial charge on any atom is 0.411 e. The molecule has 0 saturated heterocycles. The Hall–Kier alpha value is -1.10. The van der Waals surface area contributed by atoms with Crippen molar-refractivity contribution in [2.45, 2.75) is 19.1 Å². The van der Waals surface area contributed by atoms with Crippen molar-refractivity contribution in [1.82, 2.24) is 10.2 Å². The Kier molecular flexibility index (Phi) is 10.9. The fourth-order valence-electron chi connectivity index (χ4n) is 1.89. The molecule has 0 fully saturated rings. The summed E-state index contributed by atoms with van der Waals surface area (Å²) in [5, 5.41) is 3.04. The van der Waals surface area contributed by atoms with Gasteiger partial charge in [-0.1, -0.05) is 12.1 Å². The van der Waals surface area contributed by atoms with Gasteiger partial charge in [0.05, 0.1) is 0 Å². The molecule has 0 aliphatic heterocycles. The second kappa shape index (κ2) is 11.5. The molecule has 0 radical (unpaired) electrons. The third-order valence-electron chi connectivity index (χ3n) is 2.92. The smallest absolute Gasteiger partial charge is 0.372 e. The molecule has 9 heteroatoms. The van der Waals surface area contributed by atoms with Crippen molar-refractivity contribution < 1.29 is 22.3 Å². The van der Waals surface area contributed by atoms with E-state index in [0.29, 0.717) is 25.5 Å². The van der Waals surface area contributed by atoms with Gasteiger partial charge >= 0.3 is 6.18 Å². The van der Waals surface area contributed by atoms with Gasteiger partial charge in [-0.15, -0.1) is 24.0 Å². The molecule has 24 heavy (non-hydrogen) atoms. The number of rotatable bonds is 7. The summed E-state index contributed by atoms with van der Waals surface area (Å²) in [6, 6.07) is 6.14. The fraction of sp³-hybridized carbons (Fsp3) is 0.533. The fourth-order valence-corrected chi connectivity index (χ4v) is 1.89. The van der Waals surface area contributed by atoms with E-state index in [1.165, 1.54) is 12.1 Å². The first-order chi connectivity index (χ1) is 10.8. The Bertz CT molecular complexity index is 494. The van der Waals surface area contributed by atoms with E-state index in [1.54, 1.807) is 19.2 Å². The molecular formula is C15H22F4IN3O. The van der Waals surface area contributed by atoms with Crippen molar-refractivity contribution in [2.75, 3.05) is 33.9 Å². The third kappa shape index (κ3) is 9.91. The Morgan fingerprint density at radius 3 is 2.42 bits per heavy atom. The largest absolute Gasteiger partial charge is 0.411 e. The maximum atomic E-state index is 12.9. The normalized spacial score (nSPS) is 11.8. The van der Waals surface area contributed by atoms with Gasteiger partial charge in [0.15, 0.2) is 5.96 Å². The molecule has 4 nitrogen and oxygen atoms in total. The van der Waals surface area contributed by atoms with Gasteiger partial charge in [0, 0.05) is 33.8 Å². The van der Waals surface area contributed by atoms with Gasteiger partial charge in [-0.3, -0.25) is 4.99 Å². The number of nitrogens with zero attached hydrogens (tertiary/aromatic N) is 2. The van der Waals surface area contributed by atoms with Crippen molar-refractivity contribution in [3.63, 3.8) is 0 Å². The zero-order chi connectivity index (χ0) is 17.3. The minimum Gasteiger partial charge on any atom is -0.372 e. The first kappa shape index (κ1) is 22.9. The lowest BCUT2D eigenvalue weighted by Crippen LogP contribution is -2.39. The highest BCUT2D eigenvalue weighted by Gasteiger charge is 2.27. The molecule has 138 valence electrons. The summed E-state index contributed by atoms with van der Waals surface area (Å²) in [7, 11) is 3.43. The highest BCUT2D eigenvalue weighted by molar-refractivity contribution is 14.0. The Morgan fingerprint density at radius 2 is 1.88 bits per heavy atom. The molecule has 0 aliphatic carbocycles. The number of hydrogen-bond donors (Lipinski definition) is 1. The highest BCUT2D eigenvalue weighted by atomic mass is 127. The Labute approximate surface area is 156 Å². The number of benzene rings is 1. The topological polar surface area (TPSA) is 36.9 Å². The van der Waals surface area contributed by atoms with E-state index in [2.05, 4.69) is 15.0 Å². The van der Waals surface area contributed by atoms with Crippen LogP contribution in [0.1, 0.15) is 12.0 Å². The van der Waals surface area contributed by atoms with Gasteiger partial charge in [0.1, 0.15) is 12.4 Å². The molecule has 0 aliphatic rings. The molecule has 0 atom stereocenters. The number of guanidine groups is 1. The summed E-state index contributed by atoms with van der Waals surface area (Å²) in [6.45, 7) is -0.236. The van der Waals surface area contributed by atoms with Crippen molar-refractivity contribution in [3.05, 3.63) is 35.6 Å². The van der Waals surface area contributed by atoms with Gasteiger partial charge in [-0.05, 0) is 24.1 Å². The van der Waals surface area contributed by atoms with E-state index in [0.717, 1.165) is 5.56 Å². The van der Waals surface area contributed by atoms with Crippen LogP contribution in [0.3, 0.4) is 0 Å². The molecular weight excluding hydrogens is 441 g/mol. The van der Waals surface area contributed by atoms with Crippen molar-refractivity contribution in [3.8, 4) is 0 Å². The van der Waals surface area contributed by atoms with Crippen LogP contribution >= 0.6 is 24.0 Å². The lowest BCUT2D eigenvalue weighted by molar-refractivity contribution is -0.173. The quantitative estimate of drug-likeness (QED) is 0.222. The first-order valence-corrected chi connectivity index (χ1v) is 7.12. The van der Waals surface area contributed by atoms with Gasteiger partial charge in [-0.25, -0.2) is 4.39 Å². The minimum absolute atomic E-state index is 0. The number of ether oxygens (including phenoxy) is 1. The first-order valence-electron chi connectivity index (χ1n) is 7.12. The summed E-state index contributed by atoms with van der Waals surface area (Å²) in [6.07, 6.45) is -3.86. The molecule has 0 unspecified atom stereocenters. The number of aliphatic imine (C=N–C) groups is 1. The van der Waals surface area contributed by atoms with Crippen LogP contribution in [0.2, 0.25) is 0 Å². The van der Waals surface area contributed by atoms with Crippen LogP contribution in [0.15, 0.2) is 29.3 Å². The van der Waals surface area contributed by atoms with Gasteiger partial charge in [-0.2, -0.15) is 13.2 Å². The molecule has 0 spiro atoms. The predicted octanol–water partition coefficient (Wildman–Crippen LogP) is 3.42. The molecule has 0 amide bonds. The number of hydrogen-bond acceptors (Lipinski definition) is 2. The lowest BCUT2D eigenvalue weighted by atomic mass is 10.2. The summed E-state index contributed by atoms with van der Waals surface area (Å²) in [5.41, 5.74) is 0.922. The zero-order valence-electron chi connectivity index (χ0n) is 13.6. The average molecular weight is 463 g/mol. The Balaban J connectivity index is 0.00000529. The number of halogens is 5. The predicted molar refractivity (Wildman–Crippen MR) is 96.1 cm³/mol. The van der Waals surface area contributed by atoms with E-state index in [-0.39, 0.29) is 36.4 Å². The van der Waals surface area contributed by atoms with Crippen LogP contribution in [0.5, 0.6) is 0 Å². The SMILES string of the molecule is CN=C(NCCCOCC(F)(F)F)N(C)Cc1ccc(F)cc1.I. The van der Waals surface area contributed by atoms with Crippen LogP contribution in [0, 0.1) is 5.82 Å². The van der Waals surface area contributed by atoms with Crippen molar-refractivity contribution >= 4 is 29.9 Å².